The monoisotopic (exact) mass is 258 g/mol. The number of hydrogen-bond acceptors (Lipinski definition) is 3. The SMILES string of the molecule is NCC(NC1CC=CC1)c1csc2ccccc12. The highest BCUT2D eigenvalue weighted by Crippen LogP contribution is 2.30. The van der Waals surface area contributed by atoms with Crippen molar-refractivity contribution >= 4 is 21.4 Å². The van der Waals surface area contributed by atoms with Crippen LogP contribution in [0.3, 0.4) is 0 Å². The molecule has 3 rings (SSSR count). The number of benzene rings is 1. The average Bonchev–Trinajstić information content (AvgIpc) is 3.05. The zero-order valence-corrected chi connectivity index (χ0v) is 11.1. The van der Waals surface area contributed by atoms with Crippen LogP contribution < -0.4 is 11.1 Å². The summed E-state index contributed by atoms with van der Waals surface area (Å²) in [4.78, 5) is 0. The number of fused-ring (bicyclic) bond motifs is 1. The maximum atomic E-state index is 5.95. The summed E-state index contributed by atoms with van der Waals surface area (Å²) >= 11 is 1.80. The van der Waals surface area contributed by atoms with Crippen molar-refractivity contribution in [2.24, 2.45) is 5.73 Å². The third-order valence-corrected chi connectivity index (χ3v) is 4.55. The zero-order chi connectivity index (χ0) is 12.4. The number of nitrogens with two attached hydrogens (primary N) is 1. The van der Waals surface area contributed by atoms with E-state index in [2.05, 4.69) is 47.1 Å². The van der Waals surface area contributed by atoms with Crippen LogP contribution in [-0.2, 0) is 0 Å². The summed E-state index contributed by atoms with van der Waals surface area (Å²) in [6.45, 7) is 0.650. The summed E-state index contributed by atoms with van der Waals surface area (Å²) in [6, 6.07) is 9.38. The van der Waals surface area contributed by atoms with Crippen LogP contribution in [0.2, 0.25) is 0 Å². The Balaban J connectivity index is 1.86. The topological polar surface area (TPSA) is 38.0 Å². The van der Waals surface area contributed by atoms with Gasteiger partial charge in [-0.1, -0.05) is 30.4 Å². The van der Waals surface area contributed by atoms with E-state index in [-0.39, 0.29) is 6.04 Å². The van der Waals surface area contributed by atoms with Crippen molar-refractivity contribution in [3.05, 3.63) is 47.4 Å². The van der Waals surface area contributed by atoms with Gasteiger partial charge in [0, 0.05) is 23.3 Å². The number of rotatable bonds is 4. The lowest BCUT2D eigenvalue weighted by molar-refractivity contribution is 0.456. The van der Waals surface area contributed by atoms with E-state index in [4.69, 9.17) is 5.73 Å². The molecule has 0 fully saturated rings. The molecule has 1 atom stereocenters. The maximum absolute atomic E-state index is 5.95. The Morgan fingerprint density at radius 3 is 2.83 bits per heavy atom. The molecule has 0 spiro atoms. The fraction of sp³-hybridized carbons (Fsp3) is 0.333. The predicted molar refractivity (Wildman–Crippen MR) is 78.9 cm³/mol. The molecule has 1 aromatic carbocycles. The van der Waals surface area contributed by atoms with Gasteiger partial charge in [0.25, 0.3) is 0 Å². The van der Waals surface area contributed by atoms with E-state index in [1.165, 1.54) is 15.6 Å². The molecule has 1 unspecified atom stereocenters. The summed E-state index contributed by atoms with van der Waals surface area (Å²) in [5.41, 5.74) is 7.31. The second kappa shape index (κ2) is 5.22. The second-order valence-electron chi connectivity index (χ2n) is 4.78. The largest absolute Gasteiger partial charge is 0.329 e. The molecule has 3 N–H and O–H groups in total. The van der Waals surface area contributed by atoms with Crippen LogP contribution in [0.15, 0.2) is 41.8 Å². The fourth-order valence-electron chi connectivity index (χ4n) is 2.59. The summed E-state index contributed by atoms with van der Waals surface area (Å²) in [7, 11) is 0. The number of thiophene rings is 1. The molecule has 2 aromatic rings. The first-order valence-electron chi connectivity index (χ1n) is 6.45. The molecule has 0 saturated carbocycles. The first-order valence-corrected chi connectivity index (χ1v) is 7.33. The molecule has 3 heteroatoms. The highest BCUT2D eigenvalue weighted by atomic mass is 32.1. The van der Waals surface area contributed by atoms with Gasteiger partial charge in [0.1, 0.15) is 0 Å². The van der Waals surface area contributed by atoms with Crippen LogP contribution >= 0.6 is 11.3 Å². The molecule has 1 aliphatic carbocycles. The molecule has 0 saturated heterocycles. The molecule has 0 aliphatic heterocycles. The molecule has 94 valence electrons. The zero-order valence-electron chi connectivity index (χ0n) is 10.3. The van der Waals surface area contributed by atoms with Crippen molar-refractivity contribution < 1.29 is 0 Å². The molecule has 18 heavy (non-hydrogen) atoms. The van der Waals surface area contributed by atoms with Crippen LogP contribution in [0.1, 0.15) is 24.4 Å². The van der Waals surface area contributed by atoms with Crippen LogP contribution in [-0.4, -0.2) is 12.6 Å². The minimum Gasteiger partial charge on any atom is -0.329 e. The Hall–Kier alpha value is -1.16. The maximum Gasteiger partial charge on any atom is 0.0461 e. The molecule has 1 heterocycles. The first kappa shape index (κ1) is 11.9. The molecule has 0 radical (unpaired) electrons. The minimum atomic E-state index is 0.269. The molecule has 2 nitrogen and oxygen atoms in total. The number of hydrogen-bond donors (Lipinski definition) is 2. The Morgan fingerprint density at radius 2 is 2.06 bits per heavy atom. The van der Waals surface area contributed by atoms with E-state index < -0.39 is 0 Å². The van der Waals surface area contributed by atoms with Gasteiger partial charge in [0.05, 0.1) is 0 Å². The van der Waals surface area contributed by atoms with Crippen molar-refractivity contribution in [3.8, 4) is 0 Å². The van der Waals surface area contributed by atoms with Gasteiger partial charge in [0.15, 0.2) is 0 Å². The summed E-state index contributed by atoms with van der Waals surface area (Å²) in [6.07, 6.45) is 6.74. The van der Waals surface area contributed by atoms with Crippen molar-refractivity contribution in [3.63, 3.8) is 0 Å². The van der Waals surface area contributed by atoms with Crippen molar-refractivity contribution in [2.75, 3.05) is 6.54 Å². The van der Waals surface area contributed by atoms with E-state index in [0.717, 1.165) is 12.8 Å². The summed E-state index contributed by atoms with van der Waals surface area (Å²) < 4.78 is 1.34. The van der Waals surface area contributed by atoms with E-state index in [0.29, 0.717) is 12.6 Å². The minimum absolute atomic E-state index is 0.269. The summed E-state index contributed by atoms with van der Waals surface area (Å²) in [5, 5.41) is 7.27. The lowest BCUT2D eigenvalue weighted by atomic mass is 10.0. The molecule has 1 aliphatic rings. The third-order valence-electron chi connectivity index (χ3n) is 3.57. The van der Waals surface area contributed by atoms with Crippen LogP contribution in [0.4, 0.5) is 0 Å². The van der Waals surface area contributed by atoms with Crippen LogP contribution in [0, 0.1) is 0 Å². The quantitative estimate of drug-likeness (QED) is 0.826. The van der Waals surface area contributed by atoms with Crippen molar-refractivity contribution in [2.45, 2.75) is 24.9 Å². The highest BCUT2D eigenvalue weighted by Gasteiger charge is 2.19. The smallest absolute Gasteiger partial charge is 0.0461 e. The third kappa shape index (κ3) is 2.21. The van der Waals surface area contributed by atoms with Gasteiger partial charge in [-0.25, -0.2) is 0 Å². The van der Waals surface area contributed by atoms with Crippen molar-refractivity contribution in [1.29, 1.82) is 0 Å². The fourth-order valence-corrected chi connectivity index (χ4v) is 3.61. The average molecular weight is 258 g/mol. The predicted octanol–water partition coefficient (Wildman–Crippen LogP) is 3.21. The normalized spacial score (nSPS) is 17.6. The number of nitrogens with one attached hydrogen (secondary N) is 1. The van der Waals surface area contributed by atoms with Crippen LogP contribution in [0.5, 0.6) is 0 Å². The van der Waals surface area contributed by atoms with Gasteiger partial charge in [-0.3, -0.25) is 0 Å². The Bertz CT molecular complexity index is 550. The Kier molecular flexibility index (Phi) is 3.46. The van der Waals surface area contributed by atoms with Gasteiger partial charge in [-0.2, -0.15) is 0 Å². The van der Waals surface area contributed by atoms with E-state index in [9.17, 15) is 0 Å². The van der Waals surface area contributed by atoms with Crippen LogP contribution in [0.25, 0.3) is 10.1 Å². The Labute approximate surface area is 112 Å². The van der Waals surface area contributed by atoms with Gasteiger partial charge in [-0.15, -0.1) is 11.3 Å². The lowest BCUT2D eigenvalue weighted by Gasteiger charge is -2.21. The summed E-state index contributed by atoms with van der Waals surface area (Å²) in [5.74, 6) is 0. The van der Waals surface area contributed by atoms with E-state index in [1.54, 1.807) is 11.3 Å². The molecular formula is C15H18N2S. The van der Waals surface area contributed by atoms with Gasteiger partial charge in [0.2, 0.25) is 0 Å². The van der Waals surface area contributed by atoms with E-state index in [1.807, 2.05) is 0 Å². The molecule has 0 amide bonds. The molecular weight excluding hydrogens is 240 g/mol. The van der Waals surface area contributed by atoms with E-state index >= 15 is 0 Å². The van der Waals surface area contributed by atoms with Gasteiger partial charge < -0.3 is 11.1 Å². The lowest BCUT2D eigenvalue weighted by Crippen LogP contribution is -2.35. The Morgan fingerprint density at radius 1 is 1.28 bits per heavy atom. The first-order chi connectivity index (χ1) is 8.88. The standard InChI is InChI=1S/C15H18N2S/c16-9-14(17-11-5-1-2-6-11)13-10-18-15-8-4-3-7-12(13)15/h1-4,7-8,10-11,14,17H,5-6,9,16H2. The second-order valence-corrected chi connectivity index (χ2v) is 5.69. The molecule has 0 bridgehead atoms. The van der Waals surface area contributed by atoms with Crippen molar-refractivity contribution in [1.82, 2.24) is 5.32 Å². The van der Waals surface area contributed by atoms with Gasteiger partial charge >= 0.3 is 0 Å². The highest BCUT2D eigenvalue weighted by molar-refractivity contribution is 7.17. The molecule has 1 aromatic heterocycles. The van der Waals surface area contributed by atoms with Gasteiger partial charge in [-0.05, 0) is 35.2 Å².